The van der Waals surface area contributed by atoms with Gasteiger partial charge in [-0.25, -0.2) is 0 Å². The first-order valence-electron chi connectivity index (χ1n) is 9.18. The molecule has 0 saturated carbocycles. The molecular formula is C25H34O. The number of methoxy groups -OCH3 is 1. The standard InChI is InChI=1S/C10H8.C7H8O.C4H6.2C2H6/c1-2-6-10-8-4-3-7-9(10)5-1;1-8-7-5-3-2-4-6-7;1-3-4-2;2*1-2/h1-8H;2-6H,1H3;1-2H3;2*1-2H3. The molecule has 0 aliphatic heterocycles. The molecule has 0 aliphatic rings. The van der Waals surface area contributed by atoms with Gasteiger partial charge < -0.3 is 4.74 Å². The van der Waals surface area contributed by atoms with Gasteiger partial charge in [-0.05, 0) is 36.8 Å². The summed E-state index contributed by atoms with van der Waals surface area (Å²) in [5.74, 6) is 6.27. The molecule has 0 saturated heterocycles. The number of fused-ring (bicyclic) bond motifs is 1. The van der Waals surface area contributed by atoms with Gasteiger partial charge in [0.25, 0.3) is 0 Å². The summed E-state index contributed by atoms with van der Waals surface area (Å²) in [4.78, 5) is 0. The maximum Gasteiger partial charge on any atom is 0.118 e. The Morgan fingerprint density at radius 3 is 1.08 bits per heavy atom. The topological polar surface area (TPSA) is 9.23 Å². The average Bonchev–Trinajstić information content (AvgIpc) is 2.78. The van der Waals surface area contributed by atoms with Crippen LogP contribution in [-0.2, 0) is 0 Å². The molecule has 26 heavy (non-hydrogen) atoms. The van der Waals surface area contributed by atoms with E-state index in [1.165, 1.54) is 10.8 Å². The molecule has 0 radical (unpaired) electrons. The van der Waals surface area contributed by atoms with Crippen LogP contribution >= 0.6 is 0 Å². The van der Waals surface area contributed by atoms with Gasteiger partial charge in [0.1, 0.15) is 5.75 Å². The van der Waals surface area contributed by atoms with Gasteiger partial charge in [-0.1, -0.05) is 94.4 Å². The summed E-state index contributed by atoms with van der Waals surface area (Å²) in [6, 6.07) is 26.4. The molecule has 0 amide bonds. The molecule has 0 unspecified atom stereocenters. The first kappa shape index (κ1) is 25.5. The summed E-state index contributed by atoms with van der Waals surface area (Å²) in [7, 11) is 1.66. The van der Waals surface area contributed by atoms with Crippen molar-refractivity contribution in [3.8, 4) is 17.6 Å². The Kier molecular flexibility index (Phi) is 19.9. The normalized spacial score (nSPS) is 7.50. The van der Waals surface area contributed by atoms with Gasteiger partial charge in [0.15, 0.2) is 0 Å². The fourth-order valence-corrected chi connectivity index (χ4v) is 1.69. The Balaban J connectivity index is 0. The second-order valence-electron chi connectivity index (χ2n) is 4.36. The van der Waals surface area contributed by atoms with E-state index in [4.69, 9.17) is 4.74 Å². The summed E-state index contributed by atoms with van der Waals surface area (Å²) in [6.45, 7) is 11.6. The van der Waals surface area contributed by atoms with E-state index >= 15 is 0 Å². The second kappa shape index (κ2) is 20.3. The lowest BCUT2D eigenvalue weighted by atomic mass is 10.1. The monoisotopic (exact) mass is 350 g/mol. The van der Waals surface area contributed by atoms with Crippen LogP contribution in [0, 0.1) is 11.8 Å². The molecule has 0 atom stereocenters. The van der Waals surface area contributed by atoms with Gasteiger partial charge in [0, 0.05) is 0 Å². The summed E-state index contributed by atoms with van der Waals surface area (Å²) in [5.41, 5.74) is 0. The minimum Gasteiger partial charge on any atom is -0.497 e. The van der Waals surface area contributed by atoms with Gasteiger partial charge in [0.2, 0.25) is 0 Å². The Labute approximate surface area is 161 Å². The highest BCUT2D eigenvalue weighted by Gasteiger charge is 1.85. The number of hydrogen-bond acceptors (Lipinski definition) is 1. The fraction of sp³-hybridized carbons (Fsp3) is 0.280. The van der Waals surface area contributed by atoms with Crippen molar-refractivity contribution in [1.82, 2.24) is 0 Å². The van der Waals surface area contributed by atoms with Crippen LogP contribution < -0.4 is 4.74 Å². The first-order valence-corrected chi connectivity index (χ1v) is 9.18. The van der Waals surface area contributed by atoms with Crippen LogP contribution in [0.25, 0.3) is 10.8 Å². The Bertz CT molecular complexity index is 635. The number of rotatable bonds is 1. The highest BCUT2D eigenvalue weighted by molar-refractivity contribution is 5.81. The minimum atomic E-state index is 0.910. The predicted octanol–water partition coefficient (Wildman–Crippen LogP) is 7.62. The van der Waals surface area contributed by atoms with Gasteiger partial charge in [-0.3, -0.25) is 0 Å². The minimum absolute atomic E-state index is 0.910. The molecule has 1 nitrogen and oxygen atoms in total. The highest BCUT2D eigenvalue weighted by atomic mass is 16.5. The maximum atomic E-state index is 4.91. The van der Waals surface area contributed by atoms with E-state index in [0.717, 1.165) is 5.75 Å². The van der Waals surface area contributed by atoms with Crippen molar-refractivity contribution >= 4 is 10.8 Å². The molecule has 0 aromatic heterocycles. The summed E-state index contributed by atoms with van der Waals surface area (Å²) in [5, 5.41) is 2.62. The van der Waals surface area contributed by atoms with Crippen LogP contribution in [0.3, 0.4) is 0 Å². The van der Waals surface area contributed by atoms with Crippen LogP contribution in [0.1, 0.15) is 41.5 Å². The van der Waals surface area contributed by atoms with Gasteiger partial charge in [-0.2, -0.15) is 0 Å². The lowest BCUT2D eigenvalue weighted by Gasteiger charge is -1.93. The molecular weight excluding hydrogens is 316 g/mol. The van der Waals surface area contributed by atoms with E-state index in [0.29, 0.717) is 0 Å². The number of benzene rings is 3. The second-order valence-corrected chi connectivity index (χ2v) is 4.36. The molecule has 0 spiro atoms. The lowest BCUT2D eigenvalue weighted by Crippen LogP contribution is -1.78. The van der Waals surface area contributed by atoms with Gasteiger partial charge in [-0.15, -0.1) is 11.8 Å². The number of hydrogen-bond donors (Lipinski definition) is 0. The molecule has 0 bridgehead atoms. The van der Waals surface area contributed by atoms with Crippen LogP contribution in [0.4, 0.5) is 0 Å². The van der Waals surface area contributed by atoms with E-state index < -0.39 is 0 Å². The zero-order valence-corrected chi connectivity index (χ0v) is 17.4. The predicted molar refractivity (Wildman–Crippen MR) is 119 cm³/mol. The van der Waals surface area contributed by atoms with E-state index in [1.807, 2.05) is 71.9 Å². The van der Waals surface area contributed by atoms with Crippen LogP contribution in [0.5, 0.6) is 5.75 Å². The third-order valence-electron chi connectivity index (χ3n) is 2.89. The smallest absolute Gasteiger partial charge is 0.118 e. The average molecular weight is 351 g/mol. The molecule has 3 rings (SSSR count). The van der Waals surface area contributed by atoms with Crippen molar-refractivity contribution < 1.29 is 4.74 Å². The Morgan fingerprint density at radius 1 is 0.538 bits per heavy atom. The summed E-state index contributed by atoms with van der Waals surface area (Å²) in [6.07, 6.45) is 0. The summed E-state index contributed by atoms with van der Waals surface area (Å²) >= 11 is 0. The lowest BCUT2D eigenvalue weighted by molar-refractivity contribution is 0.415. The van der Waals surface area contributed by atoms with Crippen molar-refractivity contribution in [3.05, 3.63) is 78.9 Å². The third-order valence-corrected chi connectivity index (χ3v) is 2.89. The molecule has 140 valence electrons. The maximum absolute atomic E-state index is 4.91. The number of ether oxygens (including phenoxy) is 1. The SMILES string of the molecule is CC.CC.CC#CC.COc1ccccc1.c1ccc2ccccc2c1. The van der Waals surface area contributed by atoms with Crippen LogP contribution in [-0.4, -0.2) is 7.11 Å². The van der Waals surface area contributed by atoms with Crippen molar-refractivity contribution in [3.63, 3.8) is 0 Å². The van der Waals surface area contributed by atoms with Crippen molar-refractivity contribution in [2.24, 2.45) is 0 Å². The van der Waals surface area contributed by atoms with Gasteiger partial charge >= 0.3 is 0 Å². The largest absolute Gasteiger partial charge is 0.497 e. The third kappa shape index (κ3) is 12.7. The van der Waals surface area contributed by atoms with Crippen LogP contribution in [0.2, 0.25) is 0 Å². The van der Waals surface area contributed by atoms with E-state index in [-0.39, 0.29) is 0 Å². The van der Waals surface area contributed by atoms with Crippen molar-refractivity contribution in [2.45, 2.75) is 41.5 Å². The quantitative estimate of drug-likeness (QED) is 0.410. The van der Waals surface area contributed by atoms with E-state index in [2.05, 4.69) is 60.4 Å². The zero-order chi connectivity index (χ0) is 20.0. The van der Waals surface area contributed by atoms with Crippen molar-refractivity contribution in [1.29, 1.82) is 0 Å². The van der Waals surface area contributed by atoms with E-state index in [1.54, 1.807) is 7.11 Å². The molecule has 0 aliphatic carbocycles. The Hall–Kier alpha value is -2.72. The highest BCUT2D eigenvalue weighted by Crippen LogP contribution is 2.11. The fourth-order valence-electron chi connectivity index (χ4n) is 1.69. The molecule has 3 aromatic carbocycles. The number of para-hydroxylation sites is 1. The molecule has 1 heteroatoms. The summed E-state index contributed by atoms with van der Waals surface area (Å²) < 4.78 is 4.91. The molecule has 0 fully saturated rings. The molecule has 0 heterocycles. The molecule has 0 N–H and O–H groups in total. The van der Waals surface area contributed by atoms with Crippen molar-refractivity contribution in [2.75, 3.05) is 7.11 Å². The van der Waals surface area contributed by atoms with E-state index in [9.17, 15) is 0 Å². The molecule has 3 aromatic rings. The Morgan fingerprint density at radius 2 is 0.846 bits per heavy atom. The van der Waals surface area contributed by atoms with Crippen LogP contribution in [0.15, 0.2) is 78.9 Å². The zero-order valence-electron chi connectivity index (χ0n) is 17.4. The van der Waals surface area contributed by atoms with Gasteiger partial charge in [0.05, 0.1) is 7.11 Å². The first-order chi connectivity index (χ1) is 12.8.